The van der Waals surface area contributed by atoms with Gasteiger partial charge in [0.2, 0.25) is 5.91 Å². The molecule has 86 valence electrons. The van der Waals surface area contributed by atoms with Gasteiger partial charge >= 0.3 is 0 Å². The molecule has 1 amide bonds. The van der Waals surface area contributed by atoms with Gasteiger partial charge in [-0.05, 0) is 30.9 Å². The van der Waals surface area contributed by atoms with E-state index >= 15 is 0 Å². The van der Waals surface area contributed by atoms with E-state index in [4.69, 9.17) is 5.11 Å². The Morgan fingerprint density at radius 2 is 2.19 bits per heavy atom. The molecule has 1 N–H and O–H groups in total. The van der Waals surface area contributed by atoms with Crippen molar-refractivity contribution in [3.8, 4) is 0 Å². The molecule has 1 heterocycles. The van der Waals surface area contributed by atoms with E-state index < -0.39 is 0 Å². The normalized spacial score (nSPS) is 14.4. The minimum Gasteiger partial charge on any atom is -0.396 e. The second-order valence-corrected chi connectivity index (χ2v) is 4.39. The van der Waals surface area contributed by atoms with Crippen molar-refractivity contribution >= 4 is 11.6 Å². The van der Waals surface area contributed by atoms with E-state index in [2.05, 4.69) is 12.1 Å². The standard InChI is InChI=1S/C13H17NO2/c1-9-6-10(4-3-5-15)13-11(7-9)8-12(16)14(13)2/h6-7,15H,3-5,8H2,1-2H3. The topological polar surface area (TPSA) is 40.5 Å². The Kier molecular flexibility index (Phi) is 2.97. The van der Waals surface area contributed by atoms with E-state index in [1.54, 1.807) is 4.90 Å². The van der Waals surface area contributed by atoms with E-state index in [1.807, 2.05) is 14.0 Å². The largest absolute Gasteiger partial charge is 0.396 e. The van der Waals surface area contributed by atoms with E-state index in [0.29, 0.717) is 6.42 Å². The van der Waals surface area contributed by atoms with Crippen LogP contribution >= 0.6 is 0 Å². The lowest BCUT2D eigenvalue weighted by Gasteiger charge is -2.16. The highest BCUT2D eigenvalue weighted by molar-refractivity contribution is 6.01. The zero-order valence-electron chi connectivity index (χ0n) is 9.79. The highest BCUT2D eigenvalue weighted by Gasteiger charge is 2.26. The van der Waals surface area contributed by atoms with Crippen molar-refractivity contribution in [3.63, 3.8) is 0 Å². The Morgan fingerprint density at radius 3 is 2.88 bits per heavy atom. The summed E-state index contributed by atoms with van der Waals surface area (Å²) < 4.78 is 0. The molecule has 3 heteroatoms. The summed E-state index contributed by atoms with van der Waals surface area (Å²) in [7, 11) is 1.83. The molecule has 0 saturated carbocycles. The van der Waals surface area contributed by atoms with Crippen molar-refractivity contribution in [1.29, 1.82) is 0 Å². The molecule has 0 unspecified atom stereocenters. The number of nitrogens with zero attached hydrogens (tertiary/aromatic N) is 1. The highest BCUT2D eigenvalue weighted by Crippen LogP contribution is 2.33. The average molecular weight is 219 g/mol. The Balaban J connectivity index is 2.42. The average Bonchev–Trinajstić information content (AvgIpc) is 2.51. The number of aryl methyl sites for hydroxylation is 2. The number of aliphatic hydroxyl groups is 1. The van der Waals surface area contributed by atoms with Gasteiger partial charge in [-0.2, -0.15) is 0 Å². The van der Waals surface area contributed by atoms with Crippen LogP contribution in [0.25, 0.3) is 0 Å². The molecule has 16 heavy (non-hydrogen) atoms. The third kappa shape index (κ3) is 1.83. The van der Waals surface area contributed by atoms with Crippen LogP contribution < -0.4 is 4.90 Å². The Labute approximate surface area is 95.7 Å². The smallest absolute Gasteiger partial charge is 0.231 e. The molecule has 1 aliphatic heterocycles. The van der Waals surface area contributed by atoms with Crippen molar-refractivity contribution in [2.75, 3.05) is 18.6 Å². The summed E-state index contributed by atoms with van der Waals surface area (Å²) in [5.74, 6) is 0.158. The summed E-state index contributed by atoms with van der Waals surface area (Å²) in [5, 5.41) is 8.88. The predicted molar refractivity (Wildman–Crippen MR) is 63.7 cm³/mol. The van der Waals surface area contributed by atoms with Gasteiger partial charge in [0.15, 0.2) is 0 Å². The number of amides is 1. The fourth-order valence-electron chi connectivity index (χ4n) is 2.37. The summed E-state index contributed by atoms with van der Waals surface area (Å²) in [6, 6.07) is 4.20. The minimum atomic E-state index is 0.158. The van der Waals surface area contributed by atoms with Crippen molar-refractivity contribution in [3.05, 3.63) is 28.8 Å². The zero-order chi connectivity index (χ0) is 11.7. The van der Waals surface area contributed by atoms with Gasteiger partial charge in [-0.3, -0.25) is 4.79 Å². The van der Waals surface area contributed by atoms with E-state index in [-0.39, 0.29) is 12.5 Å². The number of rotatable bonds is 3. The minimum absolute atomic E-state index is 0.158. The van der Waals surface area contributed by atoms with Gasteiger partial charge in [0.05, 0.1) is 12.1 Å². The lowest BCUT2D eigenvalue weighted by molar-refractivity contribution is -0.117. The summed E-state index contributed by atoms with van der Waals surface area (Å²) in [6.07, 6.45) is 2.09. The first-order valence-corrected chi connectivity index (χ1v) is 5.63. The number of hydrogen-bond donors (Lipinski definition) is 1. The molecule has 0 spiro atoms. The van der Waals surface area contributed by atoms with Gasteiger partial charge in [0, 0.05) is 13.7 Å². The van der Waals surface area contributed by atoms with Crippen LogP contribution in [0.2, 0.25) is 0 Å². The molecular formula is C13H17NO2. The van der Waals surface area contributed by atoms with Crippen LogP contribution in [0.4, 0.5) is 5.69 Å². The number of likely N-dealkylation sites (N-methyl/N-ethyl adjacent to an activating group) is 1. The zero-order valence-corrected chi connectivity index (χ0v) is 9.79. The van der Waals surface area contributed by atoms with Gasteiger partial charge in [0.25, 0.3) is 0 Å². The first-order chi connectivity index (χ1) is 7.63. The van der Waals surface area contributed by atoms with E-state index in [9.17, 15) is 4.79 Å². The van der Waals surface area contributed by atoms with Gasteiger partial charge in [-0.25, -0.2) is 0 Å². The Hall–Kier alpha value is -1.35. The maximum absolute atomic E-state index is 11.6. The summed E-state index contributed by atoms with van der Waals surface area (Å²) >= 11 is 0. The molecule has 0 aromatic heterocycles. The number of hydrogen-bond acceptors (Lipinski definition) is 2. The Morgan fingerprint density at radius 1 is 1.44 bits per heavy atom. The van der Waals surface area contributed by atoms with Crippen molar-refractivity contribution in [1.82, 2.24) is 0 Å². The van der Waals surface area contributed by atoms with Crippen LogP contribution in [0.5, 0.6) is 0 Å². The van der Waals surface area contributed by atoms with Crippen LogP contribution in [0.15, 0.2) is 12.1 Å². The molecule has 2 rings (SSSR count). The summed E-state index contributed by atoms with van der Waals surface area (Å²) in [4.78, 5) is 13.4. The van der Waals surface area contributed by atoms with Crippen molar-refractivity contribution in [2.24, 2.45) is 0 Å². The fraction of sp³-hybridized carbons (Fsp3) is 0.462. The Bertz CT molecular complexity index is 426. The first kappa shape index (κ1) is 11.1. The second-order valence-electron chi connectivity index (χ2n) is 4.39. The third-order valence-electron chi connectivity index (χ3n) is 3.07. The number of carbonyl (C=O) groups is 1. The maximum atomic E-state index is 11.6. The lowest BCUT2D eigenvalue weighted by Crippen LogP contribution is -2.21. The second kappa shape index (κ2) is 4.26. The molecule has 3 nitrogen and oxygen atoms in total. The number of aliphatic hydroxyl groups excluding tert-OH is 1. The molecule has 1 aliphatic rings. The molecular weight excluding hydrogens is 202 g/mol. The number of anilines is 1. The molecule has 0 radical (unpaired) electrons. The quantitative estimate of drug-likeness (QED) is 0.835. The van der Waals surface area contributed by atoms with Gasteiger partial charge in [-0.1, -0.05) is 17.7 Å². The number of carbonyl (C=O) groups excluding carboxylic acids is 1. The molecule has 0 fully saturated rings. The molecule has 1 aromatic rings. The van der Waals surface area contributed by atoms with Crippen molar-refractivity contribution < 1.29 is 9.90 Å². The van der Waals surface area contributed by atoms with Crippen molar-refractivity contribution in [2.45, 2.75) is 26.2 Å². The van der Waals surface area contributed by atoms with Gasteiger partial charge in [0.1, 0.15) is 0 Å². The first-order valence-electron chi connectivity index (χ1n) is 5.63. The van der Waals surface area contributed by atoms with Gasteiger partial charge < -0.3 is 10.0 Å². The fourth-order valence-corrected chi connectivity index (χ4v) is 2.37. The molecule has 0 saturated heterocycles. The van der Waals surface area contributed by atoms with Crippen LogP contribution in [-0.4, -0.2) is 24.7 Å². The van der Waals surface area contributed by atoms with Crippen LogP contribution in [0.1, 0.15) is 23.1 Å². The number of fused-ring (bicyclic) bond motifs is 1. The number of benzene rings is 1. The molecule has 1 aromatic carbocycles. The lowest BCUT2D eigenvalue weighted by atomic mass is 10.00. The van der Waals surface area contributed by atoms with Crippen LogP contribution in [-0.2, 0) is 17.6 Å². The van der Waals surface area contributed by atoms with Crippen LogP contribution in [0, 0.1) is 6.92 Å². The monoisotopic (exact) mass is 219 g/mol. The molecule has 0 atom stereocenters. The molecule has 0 bridgehead atoms. The predicted octanol–water partition coefficient (Wildman–Crippen LogP) is 1.44. The van der Waals surface area contributed by atoms with E-state index in [0.717, 1.165) is 24.1 Å². The molecule has 0 aliphatic carbocycles. The van der Waals surface area contributed by atoms with Crippen LogP contribution in [0.3, 0.4) is 0 Å². The highest BCUT2D eigenvalue weighted by atomic mass is 16.2. The van der Waals surface area contributed by atoms with Gasteiger partial charge in [-0.15, -0.1) is 0 Å². The third-order valence-corrected chi connectivity index (χ3v) is 3.07. The van der Waals surface area contributed by atoms with E-state index in [1.165, 1.54) is 11.1 Å². The summed E-state index contributed by atoms with van der Waals surface area (Å²) in [5.41, 5.74) is 4.55. The maximum Gasteiger partial charge on any atom is 0.231 e. The SMILES string of the molecule is Cc1cc(CCCO)c2c(c1)CC(=O)N2C. The summed E-state index contributed by atoms with van der Waals surface area (Å²) in [6.45, 7) is 2.24.